The second-order valence-electron chi connectivity index (χ2n) is 9.95. The molecule has 178 valence electrons. The number of nitro benzene ring substituents is 1. The normalized spacial score (nSPS) is 19.0. The highest BCUT2D eigenvalue weighted by Gasteiger charge is 2.57. The maximum absolute atomic E-state index is 11.8. The lowest BCUT2D eigenvalue weighted by molar-refractivity contribution is -0.384. The van der Waals surface area contributed by atoms with Gasteiger partial charge < -0.3 is 9.64 Å². The summed E-state index contributed by atoms with van der Waals surface area (Å²) in [5.74, 6) is 0.656. The number of benzene rings is 4. The van der Waals surface area contributed by atoms with Crippen molar-refractivity contribution >= 4 is 17.5 Å². The summed E-state index contributed by atoms with van der Waals surface area (Å²) >= 11 is 0. The number of hydrogen-bond acceptors (Lipinski definition) is 4. The zero-order valence-corrected chi connectivity index (χ0v) is 20.4. The summed E-state index contributed by atoms with van der Waals surface area (Å²) in [4.78, 5) is 13.6. The molecule has 1 unspecified atom stereocenters. The van der Waals surface area contributed by atoms with E-state index in [0.717, 1.165) is 22.4 Å². The number of likely N-dealkylation sites (N-methyl/N-ethyl adjacent to an activating group) is 1. The Balaban J connectivity index is 1.49. The van der Waals surface area contributed by atoms with E-state index in [1.807, 2.05) is 67.7 Å². The van der Waals surface area contributed by atoms with Gasteiger partial charge in [0.15, 0.2) is 0 Å². The minimum atomic E-state index is -0.765. The molecule has 4 aromatic rings. The number of ether oxygens (including phenoxy) is 1. The lowest BCUT2D eigenvalue weighted by Crippen LogP contribution is -2.58. The first-order valence-corrected chi connectivity index (χ1v) is 12.0. The number of rotatable bonds is 3. The molecule has 0 saturated heterocycles. The minimum Gasteiger partial charge on any atom is -0.462 e. The van der Waals surface area contributed by atoms with Gasteiger partial charge in [0.2, 0.25) is 5.72 Å². The number of hydrogen-bond donors (Lipinski definition) is 0. The molecule has 2 aliphatic heterocycles. The number of fused-ring (bicyclic) bond motifs is 2. The Hall–Kier alpha value is -4.38. The Morgan fingerprint density at radius 3 is 2.17 bits per heavy atom. The van der Waals surface area contributed by atoms with Gasteiger partial charge in [-0.3, -0.25) is 10.1 Å². The Kier molecular flexibility index (Phi) is 4.80. The lowest BCUT2D eigenvalue weighted by Gasteiger charge is -2.46. The Labute approximate surface area is 210 Å². The van der Waals surface area contributed by atoms with Gasteiger partial charge in [-0.2, -0.15) is 0 Å². The van der Waals surface area contributed by atoms with Gasteiger partial charge in [-0.05, 0) is 54.3 Å². The number of para-hydroxylation sites is 1. The Morgan fingerprint density at radius 2 is 1.47 bits per heavy atom. The summed E-state index contributed by atoms with van der Waals surface area (Å²) in [5, 5.41) is 11.8. The summed E-state index contributed by atoms with van der Waals surface area (Å²) in [6.45, 7) is 4.37. The summed E-state index contributed by atoms with van der Waals surface area (Å²) < 4.78 is 6.94. The summed E-state index contributed by atoms with van der Waals surface area (Å²) in [6.07, 6.45) is 4.01. The van der Waals surface area contributed by atoms with Crippen LogP contribution >= 0.6 is 0 Å². The summed E-state index contributed by atoms with van der Waals surface area (Å²) in [5.41, 5.74) is 5.74. The van der Waals surface area contributed by atoms with Crippen LogP contribution in [0.2, 0.25) is 0 Å². The topological polar surface area (TPSA) is 55.6 Å². The molecular weight excluding hydrogens is 448 g/mol. The first kappa shape index (κ1) is 22.1. The van der Waals surface area contributed by atoms with Crippen LogP contribution in [0.4, 0.5) is 11.4 Å². The third-order valence-corrected chi connectivity index (χ3v) is 7.70. The highest BCUT2D eigenvalue weighted by molar-refractivity contribution is 5.83. The van der Waals surface area contributed by atoms with E-state index in [2.05, 4.69) is 49.1 Å². The van der Waals surface area contributed by atoms with Crippen LogP contribution in [0.1, 0.15) is 25.0 Å². The average molecular weight is 475 g/mol. The quantitative estimate of drug-likeness (QED) is 0.228. The van der Waals surface area contributed by atoms with Crippen LogP contribution in [0.5, 0.6) is 5.75 Å². The number of nitro groups is 1. The van der Waals surface area contributed by atoms with Crippen LogP contribution in [-0.4, -0.2) is 17.7 Å². The minimum absolute atomic E-state index is 0.0439. The molecule has 5 nitrogen and oxygen atoms in total. The summed E-state index contributed by atoms with van der Waals surface area (Å²) in [6, 6.07) is 29.8. The van der Waals surface area contributed by atoms with E-state index in [1.54, 1.807) is 12.1 Å². The van der Waals surface area contributed by atoms with Crippen LogP contribution in [0.3, 0.4) is 0 Å². The van der Waals surface area contributed by atoms with Crippen molar-refractivity contribution in [2.45, 2.75) is 25.0 Å². The standard InChI is InChI=1S/C31H26N2O3/c1-30(2)27-11-7-8-12-28(27)32(3)31(30)18-17-24-19-25(33(34)35)20-26(29(24)36-31)23-15-13-22(14-16-23)21-9-5-4-6-10-21/h4-20H,1-3H3. The van der Waals surface area contributed by atoms with E-state index in [4.69, 9.17) is 4.74 Å². The van der Waals surface area contributed by atoms with Crippen molar-refractivity contribution < 1.29 is 9.66 Å². The molecule has 1 atom stereocenters. The molecule has 36 heavy (non-hydrogen) atoms. The highest BCUT2D eigenvalue weighted by Crippen LogP contribution is 2.55. The van der Waals surface area contributed by atoms with E-state index < -0.39 is 5.72 Å². The van der Waals surface area contributed by atoms with Gasteiger partial charge in [-0.1, -0.05) is 72.8 Å². The van der Waals surface area contributed by atoms with Crippen LogP contribution in [0.25, 0.3) is 28.3 Å². The molecular formula is C31H26N2O3. The second-order valence-corrected chi connectivity index (χ2v) is 9.95. The molecule has 1 spiro atoms. The highest BCUT2D eigenvalue weighted by atomic mass is 16.6. The van der Waals surface area contributed by atoms with Crippen molar-refractivity contribution in [1.29, 1.82) is 0 Å². The van der Waals surface area contributed by atoms with E-state index in [9.17, 15) is 10.1 Å². The van der Waals surface area contributed by atoms with Gasteiger partial charge in [0, 0.05) is 36.0 Å². The van der Waals surface area contributed by atoms with Gasteiger partial charge in [0.25, 0.3) is 5.69 Å². The fourth-order valence-corrected chi connectivity index (χ4v) is 5.66. The van der Waals surface area contributed by atoms with Crippen LogP contribution in [0.15, 0.2) is 97.1 Å². The zero-order chi connectivity index (χ0) is 25.1. The Morgan fingerprint density at radius 1 is 0.833 bits per heavy atom. The molecule has 0 aromatic heterocycles. The largest absolute Gasteiger partial charge is 0.462 e. The first-order chi connectivity index (χ1) is 17.3. The second kappa shape index (κ2) is 7.82. The van der Waals surface area contributed by atoms with E-state index in [0.29, 0.717) is 16.9 Å². The molecule has 0 fully saturated rings. The number of non-ortho nitro benzene ring substituents is 1. The van der Waals surface area contributed by atoms with Gasteiger partial charge >= 0.3 is 0 Å². The van der Waals surface area contributed by atoms with E-state index >= 15 is 0 Å². The first-order valence-electron chi connectivity index (χ1n) is 12.0. The molecule has 2 aliphatic rings. The van der Waals surface area contributed by atoms with Crippen LogP contribution in [0, 0.1) is 10.1 Å². The van der Waals surface area contributed by atoms with Crippen molar-refractivity contribution in [3.63, 3.8) is 0 Å². The number of nitrogens with zero attached hydrogens (tertiary/aromatic N) is 2. The third-order valence-electron chi connectivity index (χ3n) is 7.70. The molecule has 6 rings (SSSR count). The van der Waals surface area contributed by atoms with Crippen molar-refractivity contribution in [2.24, 2.45) is 0 Å². The van der Waals surface area contributed by atoms with Gasteiger partial charge in [0.1, 0.15) is 5.75 Å². The SMILES string of the molecule is CN1c2ccccc2C(C)(C)C12C=Cc1cc([N+](=O)[O-])cc(-c3ccc(-c4ccccc4)cc3)c1O2. The lowest BCUT2D eigenvalue weighted by atomic mass is 9.76. The fraction of sp³-hybridized carbons (Fsp3) is 0.161. The Bertz CT molecular complexity index is 1520. The molecule has 0 radical (unpaired) electrons. The molecule has 4 aromatic carbocycles. The monoisotopic (exact) mass is 474 g/mol. The summed E-state index contributed by atoms with van der Waals surface area (Å²) in [7, 11) is 2.04. The maximum atomic E-state index is 11.8. The third kappa shape index (κ3) is 3.09. The van der Waals surface area contributed by atoms with E-state index in [-0.39, 0.29) is 16.0 Å². The smallest absolute Gasteiger partial charge is 0.270 e. The molecule has 0 bridgehead atoms. The zero-order valence-electron chi connectivity index (χ0n) is 20.4. The maximum Gasteiger partial charge on any atom is 0.270 e. The van der Waals surface area contributed by atoms with Crippen molar-refractivity contribution in [3.05, 3.63) is 118 Å². The average Bonchev–Trinajstić information content (AvgIpc) is 3.07. The number of anilines is 1. The van der Waals surface area contributed by atoms with Gasteiger partial charge in [-0.15, -0.1) is 0 Å². The molecule has 0 saturated carbocycles. The molecule has 5 heteroatoms. The van der Waals surface area contributed by atoms with Crippen molar-refractivity contribution in [2.75, 3.05) is 11.9 Å². The van der Waals surface area contributed by atoms with Crippen molar-refractivity contribution in [3.8, 4) is 28.0 Å². The van der Waals surface area contributed by atoms with Crippen LogP contribution in [-0.2, 0) is 5.41 Å². The predicted molar refractivity (Wildman–Crippen MR) is 144 cm³/mol. The van der Waals surface area contributed by atoms with E-state index in [1.165, 1.54) is 5.56 Å². The fourth-order valence-electron chi connectivity index (χ4n) is 5.66. The predicted octanol–water partition coefficient (Wildman–Crippen LogP) is 7.46. The van der Waals surface area contributed by atoms with Gasteiger partial charge in [-0.25, -0.2) is 0 Å². The molecule has 0 amide bonds. The molecule has 0 aliphatic carbocycles. The van der Waals surface area contributed by atoms with Gasteiger partial charge in [0.05, 0.1) is 10.3 Å². The van der Waals surface area contributed by atoms with Crippen LogP contribution < -0.4 is 9.64 Å². The molecule has 2 heterocycles. The van der Waals surface area contributed by atoms with Crippen molar-refractivity contribution in [1.82, 2.24) is 0 Å². The molecule has 0 N–H and O–H groups in total.